The lowest BCUT2D eigenvalue weighted by Gasteiger charge is -2.25. The van der Waals surface area contributed by atoms with Crippen LogP contribution in [0.25, 0.3) is 0 Å². The van der Waals surface area contributed by atoms with Crippen molar-refractivity contribution in [1.29, 1.82) is 0 Å². The van der Waals surface area contributed by atoms with Gasteiger partial charge in [-0.3, -0.25) is 0 Å². The Bertz CT molecular complexity index is 528. The minimum Gasteiger partial charge on any atom is -0.475 e. The van der Waals surface area contributed by atoms with Gasteiger partial charge in [-0.1, -0.05) is 12.8 Å². The van der Waals surface area contributed by atoms with Gasteiger partial charge < -0.3 is 25.2 Å². The van der Waals surface area contributed by atoms with Crippen LogP contribution in [0.2, 0.25) is 0 Å². The Balaban J connectivity index is 0.000000271. The van der Waals surface area contributed by atoms with Crippen molar-refractivity contribution in [3.05, 3.63) is 0 Å². The lowest BCUT2D eigenvalue weighted by Crippen LogP contribution is -2.35. The third-order valence-electron chi connectivity index (χ3n) is 4.99. The molecule has 13 heteroatoms. The highest BCUT2D eigenvalue weighted by Crippen LogP contribution is 2.27. The fourth-order valence-electron chi connectivity index (χ4n) is 3.57. The van der Waals surface area contributed by atoms with Gasteiger partial charge in [-0.05, 0) is 18.8 Å². The Morgan fingerprint density at radius 2 is 1.47 bits per heavy atom. The average molecular weight is 452 g/mol. The van der Waals surface area contributed by atoms with Gasteiger partial charge in [0, 0.05) is 38.6 Å². The van der Waals surface area contributed by atoms with Crippen molar-refractivity contribution >= 4 is 11.9 Å². The van der Waals surface area contributed by atoms with Gasteiger partial charge >= 0.3 is 24.3 Å². The zero-order valence-electron chi connectivity index (χ0n) is 16.1. The van der Waals surface area contributed by atoms with Crippen molar-refractivity contribution in [1.82, 2.24) is 10.2 Å². The van der Waals surface area contributed by atoms with Crippen molar-refractivity contribution in [2.45, 2.75) is 44.1 Å². The van der Waals surface area contributed by atoms with E-state index in [-0.39, 0.29) is 0 Å². The first-order valence-electron chi connectivity index (χ1n) is 9.45. The van der Waals surface area contributed by atoms with Crippen molar-refractivity contribution in [2.75, 3.05) is 39.3 Å². The van der Waals surface area contributed by atoms with Crippen molar-refractivity contribution in [3.63, 3.8) is 0 Å². The number of carboxylic acid groups (broad SMARTS) is 2. The summed E-state index contributed by atoms with van der Waals surface area (Å²) in [5, 5.41) is 17.7. The molecular formula is C17H26F6N2O5. The molecule has 3 N–H and O–H groups in total. The molecule has 0 amide bonds. The quantitative estimate of drug-likeness (QED) is 0.554. The maximum Gasteiger partial charge on any atom is 0.490 e. The molecule has 1 aliphatic carbocycles. The number of carbonyl (C=O) groups is 2. The summed E-state index contributed by atoms with van der Waals surface area (Å²) in [5.74, 6) is -3.80. The molecule has 0 aromatic carbocycles. The zero-order valence-corrected chi connectivity index (χ0v) is 16.1. The highest BCUT2D eigenvalue weighted by atomic mass is 19.4. The van der Waals surface area contributed by atoms with Gasteiger partial charge in [0.25, 0.3) is 0 Å². The van der Waals surface area contributed by atoms with Crippen LogP contribution in [0.5, 0.6) is 0 Å². The summed E-state index contributed by atoms with van der Waals surface area (Å²) in [6, 6.07) is 0. The van der Waals surface area contributed by atoms with Crippen molar-refractivity contribution < 1.29 is 50.9 Å². The predicted octanol–water partition coefficient (Wildman–Crippen LogP) is 2.36. The number of carboxylic acids is 2. The molecule has 30 heavy (non-hydrogen) atoms. The Labute approximate surface area is 169 Å². The van der Waals surface area contributed by atoms with Crippen LogP contribution in [0.15, 0.2) is 0 Å². The van der Waals surface area contributed by atoms with Crippen LogP contribution in [0.3, 0.4) is 0 Å². The van der Waals surface area contributed by atoms with Crippen LogP contribution in [0, 0.1) is 11.8 Å². The fraction of sp³-hybridized carbons (Fsp3) is 0.882. The molecule has 2 saturated heterocycles. The number of ether oxygens (including phenoxy) is 1. The van der Waals surface area contributed by atoms with Gasteiger partial charge in [0.15, 0.2) is 0 Å². The minimum absolute atomic E-state index is 0.494. The van der Waals surface area contributed by atoms with Crippen molar-refractivity contribution in [2.24, 2.45) is 11.8 Å². The van der Waals surface area contributed by atoms with E-state index in [0.29, 0.717) is 6.10 Å². The molecule has 1 saturated carbocycles. The number of nitrogens with one attached hydrogen (secondary N) is 1. The topological polar surface area (TPSA) is 99.1 Å². The average Bonchev–Trinajstić information content (AvgIpc) is 3.23. The fourth-order valence-corrected chi connectivity index (χ4v) is 3.57. The summed E-state index contributed by atoms with van der Waals surface area (Å²) in [4.78, 5) is 20.5. The van der Waals surface area contributed by atoms with E-state index in [4.69, 9.17) is 24.5 Å². The molecule has 3 rings (SSSR count). The number of hydrogen-bond acceptors (Lipinski definition) is 5. The molecule has 2 aliphatic heterocycles. The summed E-state index contributed by atoms with van der Waals surface area (Å²) < 4.78 is 69.4. The highest BCUT2D eigenvalue weighted by molar-refractivity contribution is 5.73. The Morgan fingerprint density at radius 1 is 0.967 bits per heavy atom. The second-order valence-corrected chi connectivity index (χ2v) is 7.34. The van der Waals surface area contributed by atoms with Gasteiger partial charge in [-0.2, -0.15) is 26.3 Å². The van der Waals surface area contributed by atoms with Crippen LogP contribution >= 0.6 is 0 Å². The number of halogens is 6. The predicted molar refractivity (Wildman–Crippen MR) is 91.9 cm³/mol. The van der Waals surface area contributed by atoms with E-state index in [1.807, 2.05) is 0 Å². The standard InChI is InChI=1S/C13H24N2O.2C2HF3O2/c1-2-4-11(3-1)9-15-5-6-16-13-8-14-7-12(13)10-15;2*3-2(4,5)1(6)7/h11-14H,1-10H2;2*(H,6,7)/t12-,13-;;/m1../s1. The molecule has 2 heterocycles. The van der Waals surface area contributed by atoms with Crippen LogP contribution in [0.4, 0.5) is 26.3 Å². The van der Waals surface area contributed by atoms with Gasteiger partial charge in [0.1, 0.15) is 0 Å². The molecule has 0 aromatic rings. The third kappa shape index (κ3) is 9.94. The van der Waals surface area contributed by atoms with E-state index < -0.39 is 24.3 Å². The summed E-state index contributed by atoms with van der Waals surface area (Å²) >= 11 is 0. The van der Waals surface area contributed by atoms with Gasteiger partial charge in [-0.15, -0.1) is 0 Å². The van der Waals surface area contributed by atoms with Crippen molar-refractivity contribution in [3.8, 4) is 0 Å². The number of rotatable bonds is 2. The van der Waals surface area contributed by atoms with Gasteiger partial charge in [0.2, 0.25) is 0 Å². The highest BCUT2D eigenvalue weighted by Gasteiger charge is 2.39. The van der Waals surface area contributed by atoms with Crippen LogP contribution in [-0.2, 0) is 14.3 Å². The molecule has 0 radical (unpaired) electrons. The van der Waals surface area contributed by atoms with Crippen LogP contribution in [0.1, 0.15) is 25.7 Å². The summed E-state index contributed by atoms with van der Waals surface area (Å²) in [6.45, 7) is 6.91. The molecule has 0 spiro atoms. The molecule has 3 aliphatic rings. The largest absolute Gasteiger partial charge is 0.490 e. The second kappa shape index (κ2) is 11.7. The normalized spacial score (nSPS) is 25.3. The number of aliphatic carboxylic acids is 2. The molecule has 7 nitrogen and oxygen atoms in total. The van der Waals surface area contributed by atoms with E-state index in [1.54, 1.807) is 0 Å². The van der Waals surface area contributed by atoms with Gasteiger partial charge in [0.05, 0.1) is 12.7 Å². The molecule has 0 aromatic heterocycles. The maximum atomic E-state index is 10.6. The first-order valence-corrected chi connectivity index (χ1v) is 9.45. The van der Waals surface area contributed by atoms with E-state index >= 15 is 0 Å². The first kappa shape index (κ1) is 26.4. The molecular weight excluding hydrogens is 426 g/mol. The summed E-state index contributed by atoms with van der Waals surface area (Å²) in [5.41, 5.74) is 0. The molecule has 2 atom stereocenters. The van der Waals surface area contributed by atoms with Gasteiger partial charge in [-0.25, -0.2) is 9.59 Å². The first-order chi connectivity index (χ1) is 13.8. The molecule has 3 fully saturated rings. The minimum atomic E-state index is -5.08. The third-order valence-corrected chi connectivity index (χ3v) is 4.99. The van der Waals surface area contributed by atoms with Crippen LogP contribution < -0.4 is 5.32 Å². The lowest BCUT2D eigenvalue weighted by atomic mass is 10.0. The Morgan fingerprint density at radius 3 is 1.93 bits per heavy atom. The molecule has 176 valence electrons. The Hall–Kier alpha value is -1.60. The zero-order chi connectivity index (χ0) is 22.9. The van der Waals surface area contributed by atoms with E-state index in [1.165, 1.54) is 38.8 Å². The summed E-state index contributed by atoms with van der Waals surface area (Å²) in [7, 11) is 0. The smallest absolute Gasteiger partial charge is 0.475 e. The second-order valence-electron chi connectivity index (χ2n) is 7.34. The van der Waals surface area contributed by atoms with E-state index in [2.05, 4.69) is 10.2 Å². The number of nitrogens with zero attached hydrogens (tertiary/aromatic N) is 1. The lowest BCUT2D eigenvalue weighted by molar-refractivity contribution is -0.193. The number of fused-ring (bicyclic) bond motifs is 1. The number of hydrogen-bond donors (Lipinski definition) is 3. The molecule has 0 bridgehead atoms. The maximum absolute atomic E-state index is 10.6. The van der Waals surface area contributed by atoms with E-state index in [9.17, 15) is 26.3 Å². The summed E-state index contributed by atoms with van der Waals surface area (Å²) in [6.07, 6.45) is -3.83. The Kier molecular flexibility index (Phi) is 10.3. The number of alkyl halides is 6. The molecule has 0 unspecified atom stereocenters. The van der Waals surface area contributed by atoms with E-state index in [0.717, 1.165) is 38.1 Å². The SMILES string of the molecule is C1CCC(CN2CCO[C@@H]3CNC[C@@H]3C2)C1.O=C(O)C(F)(F)F.O=C(O)C(F)(F)F. The monoisotopic (exact) mass is 452 g/mol. The van der Waals surface area contributed by atoms with Crippen LogP contribution in [-0.4, -0.2) is 84.8 Å².